The van der Waals surface area contributed by atoms with E-state index in [4.69, 9.17) is 28.9 Å². The molecule has 2 aromatic carbocycles. The Morgan fingerprint density at radius 3 is 2.33 bits per heavy atom. The third-order valence-electron chi connectivity index (χ3n) is 7.17. The summed E-state index contributed by atoms with van der Waals surface area (Å²) in [5.41, 5.74) is 8.18. The smallest absolute Gasteiger partial charge is 0.246 e. The van der Waals surface area contributed by atoms with Gasteiger partial charge in [-0.2, -0.15) is 0 Å². The molecule has 0 saturated carbocycles. The molecule has 0 aliphatic carbocycles. The van der Waals surface area contributed by atoms with Crippen LogP contribution in [0.15, 0.2) is 42.5 Å². The van der Waals surface area contributed by atoms with Crippen LogP contribution in [0.1, 0.15) is 39.2 Å². The SMILES string of the molecule is CN[C@@H](C)C(=O)N[C@H](C(=O)N1CCC[C@H]1C(=O)N[C@@H](Cc1cccc(-c2ccc(Cl)c(Cl)c2)c1)C(N)=O)C(C)C. The summed E-state index contributed by atoms with van der Waals surface area (Å²) in [5.74, 6) is -1.95. The Kier molecular flexibility index (Phi) is 11.0. The normalized spacial score (nSPS) is 17.3. The van der Waals surface area contributed by atoms with Gasteiger partial charge in [-0.05, 0) is 61.6 Å². The summed E-state index contributed by atoms with van der Waals surface area (Å²) >= 11 is 12.2. The molecule has 1 heterocycles. The molecular weight excluding hydrogens is 553 g/mol. The summed E-state index contributed by atoms with van der Waals surface area (Å²) in [4.78, 5) is 53.2. The number of likely N-dealkylation sites (tertiary alicyclic amines) is 1. The Labute approximate surface area is 245 Å². The number of carbonyl (C=O) groups is 4. The Bertz CT molecular complexity index is 1250. The largest absolute Gasteiger partial charge is 0.368 e. The Balaban J connectivity index is 1.73. The van der Waals surface area contributed by atoms with Gasteiger partial charge in [0.25, 0.3) is 0 Å². The first-order chi connectivity index (χ1) is 18.9. The molecular formula is C29H37Cl2N5O4. The minimum Gasteiger partial charge on any atom is -0.368 e. The van der Waals surface area contributed by atoms with Gasteiger partial charge in [0.15, 0.2) is 0 Å². The van der Waals surface area contributed by atoms with E-state index in [1.807, 2.05) is 44.2 Å². The van der Waals surface area contributed by atoms with Crippen LogP contribution in [-0.4, -0.2) is 66.3 Å². The highest BCUT2D eigenvalue weighted by Gasteiger charge is 2.39. The van der Waals surface area contributed by atoms with Crippen LogP contribution in [0.25, 0.3) is 11.1 Å². The molecule has 4 atom stereocenters. The Morgan fingerprint density at radius 1 is 1.00 bits per heavy atom. The highest BCUT2D eigenvalue weighted by molar-refractivity contribution is 6.42. The van der Waals surface area contributed by atoms with Crippen molar-refractivity contribution < 1.29 is 19.2 Å². The minimum absolute atomic E-state index is 0.170. The maximum atomic E-state index is 13.5. The topological polar surface area (TPSA) is 134 Å². The Hall–Kier alpha value is -3.14. The monoisotopic (exact) mass is 589 g/mol. The molecule has 0 unspecified atom stereocenters. The second-order valence-corrected chi connectivity index (χ2v) is 11.2. The zero-order chi connectivity index (χ0) is 29.6. The number of hydrogen-bond acceptors (Lipinski definition) is 5. The average Bonchev–Trinajstić information content (AvgIpc) is 3.42. The van der Waals surface area contributed by atoms with Crippen molar-refractivity contribution >= 4 is 46.8 Å². The van der Waals surface area contributed by atoms with Crippen LogP contribution in [-0.2, 0) is 25.6 Å². The minimum atomic E-state index is -0.980. The van der Waals surface area contributed by atoms with E-state index in [1.54, 1.807) is 26.1 Å². The van der Waals surface area contributed by atoms with E-state index in [2.05, 4.69) is 16.0 Å². The first-order valence-corrected chi connectivity index (χ1v) is 14.1. The zero-order valence-corrected chi connectivity index (χ0v) is 24.7. The quantitative estimate of drug-likeness (QED) is 0.320. The average molecular weight is 591 g/mol. The van der Waals surface area contributed by atoms with Gasteiger partial charge < -0.3 is 26.6 Å². The molecule has 4 amide bonds. The van der Waals surface area contributed by atoms with Crippen molar-refractivity contribution in [2.45, 2.75) is 64.2 Å². The van der Waals surface area contributed by atoms with Crippen molar-refractivity contribution in [1.82, 2.24) is 20.9 Å². The molecule has 9 nitrogen and oxygen atoms in total. The van der Waals surface area contributed by atoms with Crippen LogP contribution in [0.2, 0.25) is 10.0 Å². The van der Waals surface area contributed by atoms with Crippen molar-refractivity contribution in [3.63, 3.8) is 0 Å². The molecule has 0 bridgehead atoms. The van der Waals surface area contributed by atoms with Crippen LogP contribution in [0.3, 0.4) is 0 Å². The predicted octanol–water partition coefficient (Wildman–Crippen LogP) is 2.91. The fraction of sp³-hybridized carbons (Fsp3) is 0.448. The van der Waals surface area contributed by atoms with Crippen LogP contribution < -0.4 is 21.7 Å². The number of carbonyl (C=O) groups excluding carboxylic acids is 4. The second-order valence-electron chi connectivity index (χ2n) is 10.4. The van der Waals surface area contributed by atoms with Gasteiger partial charge in [0.1, 0.15) is 18.1 Å². The van der Waals surface area contributed by atoms with E-state index < -0.39 is 36.0 Å². The summed E-state index contributed by atoms with van der Waals surface area (Å²) in [6, 6.07) is 9.81. The van der Waals surface area contributed by atoms with Crippen molar-refractivity contribution in [2.24, 2.45) is 11.7 Å². The van der Waals surface area contributed by atoms with Crippen molar-refractivity contribution in [1.29, 1.82) is 0 Å². The van der Waals surface area contributed by atoms with E-state index in [-0.39, 0.29) is 24.2 Å². The lowest BCUT2D eigenvalue weighted by molar-refractivity contribution is -0.143. The maximum Gasteiger partial charge on any atom is 0.246 e. The highest BCUT2D eigenvalue weighted by atomic mass is 35.5. The lowest BCUT2D eigenvalue weighted by atomic mass is 9.98. The zero-order valence-electron chi connectivity index (χ0n) is 23.2. The van der Waals surface area contributed by atoms with E-state index in [0.717, 1.165) is 16.7 Å². The molecule has 0 radical (unpaired) electrons. The highest BCUT2D eigenvalue weighted by Crippen LogP contribution is 2.29. The van der Waals surface area contributed by atoms with E-state index >= 15 is 0 Å². The number of nitrogens with zero attached hydrogens (tertiary/aromatic N) is 1. The van der Waals surface area contributed by atoms with E-state index in [1.165, 1.54) is 4.90 Å². The lowest BCUT2D eigenvalue weighted by Crippen LogP contribution is -2.58. The third-order valence-corrected chi connectivity index (χ3v) is 7.91. The van der Waals surface area contributed by atoms with Crippen molar-refractivity contribution in [3.8, 4) is 11.1 Å². The molecule has 5 N–H and O–H groups in total. The molecule has 11 heteroatoms. The standard InChI is InChI=1S/C29H37Cl2N5O4/c1-16(2)25(35-27(38)17(3)33-4)29(40)36-12-6-9-24(36)28(39)34-23(26(32)37)14-18-7-5-8-19(13-18)20-10-11-21(30)22(31)15-20/h5,7-8,10-11,13,15-17,23-25,33H,6,9,12,14H2,1-4H3,(H2,32,37)(H,34,39)(H,35,38)/t17-,23-,24-,25-/m0/s1. The Morgan fingerprint density at radius 2 is 1.70 bits per heavy atom. The molecule has 40 heavy (non-hydrogen) atoms. The summed E-state index contributed by atoms with van der Waals surface area (Å²) in [6.07, 6.45) is 1.24. The number of nitrogens with two attached hydrogens (primary N) is 1. The fourth-order valence-electron chi connectivity index (χ4n) is 4.68. The first-order valence-electron chi connectivity index (χ1n) is 13.3. The molecule has 1 aliphatic heterocycles. The third kappa shape index (κ3) is 7.74. The molecule has 0 aromatic heterocycles. The lowest BCUT2D eigenvalue weighted by Gasteiger charge is -2.31. The molecule has 2 aromatic rings. The fourth-order valence-corrected chi connectivity index (χ4v) is 4.98. The predicted molar refractivity (Wildman–Crippen MR) is 157 cm³/mol. The van der Waals surface area contributed by atoms with Crippen LogP contribution in [0.5, 0.6) is 0 Å². The second kappa shape index (κ2) is 14.0. The van der Waals surface area contributed by atoms with Gasteiger partial charge >= 0.3 is 0 Å². The number of nitrogens with one attached hydrogen (secondary N) is 3. The van der Waals surface area contributed by atoms with Crippen molar-refractivity contribution in [3.05, 3.63) is 58.1 Å². The molecule has 0 spiro atoms. The molecule has 1 fully saturated rings. The van der Waals surface area contributed by atoms with Gasteiger partial charge in [-0.3, -0.25) is 19.2 Å². The van der Waals surface area contributed by atoms with Crippen LogP contribution in [0.4, 0.5) is 0 Å². The number of hydrogen-bond donors (Lipinski definition) is 4. The van der Waals surface area contributed by atoms with Crippen molar-refractivity contribution in [2.75, 3.05) is 13.6 Å². The van der Waals surface area contributed by atoms with Gasteiger partial charge in [-0.25, -0.2) is 0 Å². The number of benzene rings is 2. The summed E-state index contributed by atoms with van der Waals surface area (Å²) in [6.45, 7) is 5.76. The molecule has 1 aliphatic rings. The van der Waals surface area contributed by atoms with Gasteiger partial charge in [-0.1, -0.05) is 67.4 Å². The molecule has 216 valence electrons. The number of likely N-dealkylation sites (N-methyl/N-ethyl adjacent to an activating group) is 1. The number of primary amides is 1. The number of halogens is 2. The van der Waals surface area contributed by atoms with Crippen LogP contribution >= 0.6 is 23.2 Å². The van der Waals surface area contributed by atoms with Gasteiger partial charge in [-0.15, -0.1) is 0 Å². The summed E-state index contributed by atoms with van der Waals surface area (Å²) < 4.78 is 0. The van der Waals surface area contributed by atoms with E-state index in [9.17, 15) is 19.2 Å². The summed E-state index contributed by atoms with van der Waals surface area (Å²) in [7, 11) is 1.66. The molecule has 1 saturated heterocycles. The summed E-state index contributed by atoms with van der Waals surface area (Å²) in [5, 5.41) is 9.30. The number of rotatable bonds is 11. The van der Waals surface area contributed by atoms with Crippen LogP contribution in [0, 0.1) is 5.92 Å². The maximum absolute atomic E-state index is 13.5. The van der Waals surface area contributed by atoms with Gasteiger partial charge in [0, 0.05) is 13.0 Å². The molecule has 3 rings (SSSR count). The van der Waals surface area contributed by atoms with Gasteiger partial charge in [0.2, 0.25) is 23.6 Å². The van der Waals surface area contributed by atoms with Gasteiger partial charge in [0.05, 0.1) is 16.1 Å². The number of amides is 4. The first kappa shape index (κ1) is 31.4. The van der Waals surface area contributed by atoms with E-state index in [0.29, 0.717) is 29.4 Å².